The number of allylic oxidation sites excluding steroid dienone is 4. The van der Waals surface area contributed by atoms with Crippen molar-refractivity contribution in [2.75, 3.05) is 6.61 Å². The predicted octanol–water partition coefficient (Wildman–Crippen LogP) is 4.13. The van der Waals surface area contributed by atoms with E-state index in [1.54, 1.807) is 19.1 Å². The smallest absolute Gasteiger partial charge is 0.338 e. The molecule has 1 aliphatic carbocycles. The number of fused-ring (bicyclic) bond motifs is 1. The average molecular weight is 532 g/mol. The zero-order chi connectivity index (χ0) is 22.3. The highest BCUT2D eigenvalue weighted by atomic mass is 127. The third-order valence-electron chi connectivity index (χ3n) is 5.47. The third kappa shape index (κ3) is 6.85. The van der Waals surface area contributed by atoms with Crippen LogP contribution < -0.4 is 0 Å². The maximum atomic E-state index is 12.9. The third-order valence-corrected chi connectivity index (χ3v) is 6.71. The van der Waals surface area contributed by atoms with E-state index in [2.05, 4.69) is 29.5 Å². The van der Waals surface area contributed by atoms with Gasteiger partial charge in [-0.25, -0.2) is 4.79 Å². The second kappa shape index (κ2) is 11.9. The molecule has 1 aliphatic heterocycles. The number of aliphatic hydroxyl groups excluding tert-OH is 3. The van der Waals surface area contributed by atoms with Crippen molar-refractivity contribution in [2.24, 2.45) is 11.8 Å². The molecule has 0 bridgehead atoms. The minimum atomic E-state index is -0.996. The number of carbonyl (C=O) groups is 1. The van der Waals surface area contributed by atoms with Gasteiger partial charge in [0.15, 0.2) is 0 Å². The lowest BCUT2D eigenvalue weighted by Gasteiger charge is -2.26. The summed E-state index contributed by atoms with van der Waals surface area (Å²) in [5, 5.41) is 31.2. The Kier molecular flexibility index (Phi) is 9.90. The Bertz CT molecular complexity index is 710. The van der Waals surface area contributed by atoms with Crippen LogP contribution in [0.15, 0.2) is 47.5 Å². The molecule has 0 amide bonds. The maximum Gasteiger partial charge on any atom is 0.338 e. The number of carbonyl (C=O) groups excluding carboxylic acids is 1. The van der Waals surface area contributed by atoms with Gasteiger partial charge in [-0.3, -0.25) is 0 Å². The lowest BCUT2D eigenvalue weighted by Crippen LogP contribution is -2.33. The van der Waals surface area contributed by atoms with E-state index < -0.39 is 24.3 Å². The van der Waals surface area contributed by atoms with Gasteiger partial charge in [0.2, 0.25) is 0 Å². The fourth-order valence-corrected chi connectivity index (χ4v) is 4.01. The van der Waals surface area contributed by atoms with Crippen LogP contribution in [0.3, 0.4) is 0 Å². The Balaban J connectivity index is 2.33. The van der Waals surface area contributed by atoms with Crippen molar-refractivity contribution in [3.63, 3.8) is 0 Å². The predicted molar refractivity (Wildman–Crippen MR) is 124 cm³/mol. The highest BCUT2D eigenvalue weighted by Gasteiger charge is 2.31. The summed E-state index contributed by atoms with van der Waals surface area (Å²) in [6.45, 7) is 6.27. The molecule has 168 valence electrons. The summed E-state index contributed by atoms with van der Waals surface area (Å²) in [6.07, 6.45) is 9.02. The van der Waals surface area contributed by atoms with Gasteiger partial charge in [-0.05, 0) is 19.8 Å². The molecule has 0 fully saturated rings. The van der Waals surface area contributed by atoms with Crippen LogP contribution in [-0.2, 0) is 14.3 Å². The quantitative estimate of drug-likeness (QED) is 0.166. The average Bonchev–Trinajstić information content (AvgIpc) is 2.70. The van der Waals surface area contributed by atoms with E-state index in [9.17, 15) is 20.1 Å². The van der Waals surface area contributed by atoms with Gasteiger partial charge in [0.05, 0.1) is 24.4 Å². The van der Waals surface area contributed by atoms with Crippen LogP contribution in [0, 0.1) is 11.8 Å². The first-order valence-electron chi connectivity index (χ1n) is 10.6. The Morgan fingerprint density at radius 1 is 1.23 bits per heavy atom. The SMILES string of the molecule is CCCCOC1=CC(O)=C2C(=O)OC(C)[C@H](C)/C=C\[C@H](O)[C@@H](O)[C@@H](I)C/C=C/[C@H]2C1. The van der Waals surface area contributed by atoms with Crippen LogP contribution >= 0.6 is 22.6 Å². The first-order chi connectivity index (χ1) is 14.2. The van der Waals surface area contributed by atoms with E-state index in [0.29, 0.717) is 25.2 Å². The van der Waals surface area contributed by atoms with Crippen molar-refractivity contribution in [1.29, 1.82) is 0 Å². The molecule has 0 aromatic heterocycles. The van der Waals surface area contributed by atoms with Gasteiger partial charge in [0.25, 0.3) is 0 Å². The van der Waals surface area contributed by atoms with Crippen molar-refractivity contribution >= 4 is 28.6 Å². The molecule has 2 aliphatic rings. The van der Waals surface area contributed by atoms with Crippen molar-refractivity contribution in [3.8, 4) is 0 Å². The second-order valence-corrected chi connectivity index (χ2v) is 9.54. The van der Waals surface area contributed by atoms with Crippen LogP contribution in [0.5, 0.6) is 0 Å². The molecule has 7 heteroatoms. The van der Waals surface area contributed by atoms with E-state index >= 15 is 0 Å². The van der Waals surface area contributed by atoms with Crippen molar-refractivity contribution in [3.05, 3.63) is 47.5 Å². The Morgan fingerprint density at radius 3 is 2.67 bits per heavy atom. The zero-order valence-electron chi connectivity index (χ0n) is 17.8. The fraction of sp³-hybridized carbons (Fsp3) is 0.609. The monoisotopic (exact) mass is 532 g/mol. The standard InChI is InChI=1S/C23H33IO6/c1-4-5-11-29-17-12-16-7-6-8-18(24)22(27)19(25)10-9-14(2)15(3)30-23(28)21(16)20(26)13-17/h6-7,9-10,13-16,18-19,22,25-27H,4-5,8,11-12H2,1-3H3/b7-6+,10-9-/t14-,15?,16+,18+,19+,22+/m1/s1. The highest BCUT2D eigenvalue weighted by Crippen LogP contribution is 2.33. The Hall–Kier alpha value is -1.32. The van der Waals surface area contributed by atoms with Gasteiger partial charge in [-0.15, -0.1) is 0 Å². The maximum absolute atomic E-state index is 12.9. The summed E-state index contributed by atoms with van der Waals surface area (Å²) in [5.41, 5.74) is 0.222. The number of alkyl halides is 1. The summed E-state index contributed by atoms with van der Waals surface area (Å²) in [6, 6.07) is 0. The fourth-order valence-electron chi connectivity index (χ4n) is 3.29. The van der Waals surface area contributed by atoms with E-state index in [-0.39, 0.29) is 27.1 Å². The van der Waals surface area contributed by atoms with Gasteiger partial charge in [-0.1, -0.05) is 67.2 Å². The number of rotatable bonds is 4. The molecule has 30 heavy (non-hydrogen) atoms. The molecule has 0 spiro atoms. The Labute approximate surface area is 192 Å². The molecule has 3 N–H and O–H groups in total. The zero-order valence-corrected chi connectivity index (χ0v) is 20.0. The molecule has 0 saturated carbocycles. The minimum absolute atomic E-state index is 0.128. The molecule has 0 aromatic rings. The molecular formula is C23H33IO6. The van der Waals surface area contributed by atoms with E-state index in [0.717, 1.165) is 12.8 Å². The number of hydrogen-bond donors (Lipinski definition) is 3. The first-order valence-corrected chi connectivity index (χ1v) is 11.8. The number of aliphatic hydroxyl groups is 3. The number of esters is 1. The normalized spacial score (nSPS) is 35.5. The number of hydrogen-bond acceptors (Lipinski definition) is 6. The van der Waals surface area contributed by atoms with E-state index in [1.165, 1.54) is 6.08 Å². The summed E-state index contributed by atoms with van der Waals surface area (Å²) < 4.78 is 11.2. The summed E-state index contributed by atoms with van der Waals surface area (Å²) in [7, 11) is 0. The number of halogens is 1. The second-order valence-electron chi connectivity index (χ2n) is 7.94. The lowest BCUT2D eigenvalue weighted by molar-refractivity contribution is -0.145. The lowest BCUT2D eigenvalue weighted by atomic mass is 9.88. The van der Waals surface area contributed by atoms with E-state index in [4.69, 9.17) is 9.47 Å². The highest BCUT2D eigenvalue weighted by molar-refractivity contribution is 14.1. The number of ether oxygens (including phenoxy) is 2. The van der Waals surface area contributed by atoms with Gasteiger partial charge < -0.3 is 24.8 Å². The minimum Gasteiger partial charge on any atom is -0.507 e. The number of cyclic esters (lactones) is 1. The van der Waals surface area contributed by atoms with Crippen LogP contribution in [-0.4, -0.2) is 50.1 Å². The summed E-state index contributed by atoms with van der Waals surface area (Å²) in [5.74, 6) is -0.598. The van der Waals surface area contributed by atoms with Gasteiger partial charge in [-0.2, -0.15) is 0 Å². The van der Waals surface area contributed by atoms with E-state index in [1.807, 2.05) is 19.1 Å². The van der Waals surface area contributed by atoms with Crippen molar-refractivity contribution in [1.82, 2.24) is 0 Å². The summed E-state index contributed by atoms with van der Waals surface area (Å²) in [4.78, 5) is 12.9. The largest absolute Gasteiger partial charge is 0.507 e. The van der Waals surface area contributed by atoms with Crippen LogP contribution in [0.2, 0.25) is 0 Å². The topological polar surface area (TPSA) is 96.2 Å². The van der Waals surface area contributed by atoms with Crippen LogP contribution in [0.25, 0.3) is 0 Å². The Morgan fingerprint density at radius 2 is 1.97 bits per heavy atom. The first kappa shape index (κ1) is 24.9. The van der Waals surface area contributed by atoms with Crippen LogP contribution in [0.4, 0.5) is 0 Å². The van der Waals surface area contributed by atoms with Gasteiger partial charge >= 0.3 is 5.97 Å². The molecule has 1 unspecified atom stereocenters. The number of unbranched alkanes of at least 4 members (excludes halogenated alkanes) is 1. The molecule has 2 rings (SSSR count). The molecule has 6 nitrogen and oxygen atoms in total. The van der Waals surface area contributed by atoms with Crippen molar-refractivity contribution in [2.45, 2.75) is 68.7 Å². The summed E-state index contributed by atoms with van der Waals surface area (Å²) >= 11 is 2.12. The molecule has 0 saturated heterocycles. The molecular weight excluding hydrogens is 499 g/mol. The molecule has 6 atom stereocenters. The van der Waals surface area contributed by atoms with Crippen LogP contribution in [0.1, 0.15) is 46.5 Å². The van der Waals surface area contributed by atoms with Crippen molar-refractivity contribution < 1.29 is 29.6 Å². The molecule has 1 heterocycles. The van der Waals surface area contributed by atoms with Gasteiger partial charge in [0, 0.05) is 28.3 Å². The molecule has 0 aromatic carbocycles. The molecule has 0 radical (unpaired) electrons. The van der Waals surface area contributed by atoms with Gasteiger partial charge in [0.1, 0.15) is 17.6 Å².